The van der Waals surface area contributed by atoms with Crippen LogP contribution in [0.5, 0.6) is 5.75 Å². The number of hydrogen-bond donors (Lipinski definition) is 2. The van der Waals surface area contributed by atoms with Gasteiger partial charge >= 0.3 is 6.03 Å². The molecule has 37 heavy (non-hydrogen) atoms. The summed E-state index contributed by atoms with van der Waals surface area (Å²) in [6.45, 7) is 1.20. The highest BCUT2D eigenvalue weighted by Crippen LogP contribution is 2.36. The van der Waals surface area contributed by atoms with E-state index < -0.39 is 29.9 Å². The molecule has 1 atom stereocenters. The molecule has 0 saturated carbocycles. The number of benzene rings is 4. The first-order valence-corrected chi connectivity index (χ1v) is 11.8. The van der Waals surface area contributed by atoms with Crippen LogP contribution >= 0.6 is 0 Å². The van der Waals surface area contributed by atoms with E-state index in [1.165, 1.54) is 7.11 Å². The largest absolute Gasteiger partial charge is 0.495 e. The van der Waals surface area contributed by atoms with E-state index in [1.807, 2.05) is 66.7 Å². The topological polar surface area (TPSA) is 101 Å². The maximum Gasteiger partial charge on any atom is 0.325 e. The number of carbonyl (C=O) groups excluding carboxylic acids is 3. The van der Waals surface area contributed by atoms with Crippen molar-refractivity contribution in [3.8, 4) is 5.75 Å². The van der Waals surface area contributed by atoms with Crippen molar-refractivity contribution in [3.05, 3.63) is 84.4 Å². The van der Waals surface area contributed by atoms with Crippen molar-refractivity contribution < 1.29 is 23.5 Å². The van der Waals surface area contributed by atoms with Gasteiger partial charge in [0.2, 0.25) is 5.91 Å². The first-order chi connectivity index (χ1) is 17.9. The van der Waals surface area contributed by atoms with Crippen molar-refractivity contribution >= 4 is 56.2 Å². The lowest BCUT2D eigenvalue weighted by molar-refractivity contribution is -0.133. The van der Waals surface area contributed by atoms with Crippen molar-refractivity contribution in [1.82, 2.24) is 10.2 Å². The number of hydrogen-bond acceptors (Lipinski definition) is 5. The summed E-state index contributed by atoms with van der Waals surface area (Å²) in [5.41, 5.74) is 1.03. The molecule has 8 heteroatoms. The standard InChI is InChI=1S/C29H23N3O5/c1-29(19-12-11-17-7-3-4-8-18(17)13-19)27(34)32(28(35)31-29)16-26(33)30-22-15-24-21(14-25(22)36-2)20-9-5-6-10-23(20)37-24/h3-15H,16H2,1-2H3,(H,30,33)(H,31,35). The summed E-state index contributed by atoms with van der Waals surface area (Å²) in [5.74, 6) is -0.603. The lowest BCUT2D eigenvalue weighted by Crippen LogP contribution is -2.42. The molecule has 1 aromatic heterocycles. The van der Waals surface area contributed by atoms with Gasteiger partial charge in [0.1, 0.15) is 29.0 Å². The predicted molar refractivity (Wildman–Crippen MR) is 140 cm³/mol. The Hall–Kier alpha value is -4.85. The van der Waals surface area contributed by atoms with Crippen molar-refractivity contribution in [2.45, 2.75) is 12.5 Å². The number of ether oxygens (including phenoxy) is 1. The molecule has 1 aliphatic rings. The van der Waals surface area contributed by atoms with Crippen LogP contribution in [0.15, 0.2) is 83.3 Å². The summed E-state index contributed by atoms with van der Waals surface area (Å²) in [5, 5.41) is 9.28. The van der Waals surface area contributed by atoms with E-state index in [9.17, 15) is 14.4 Å². The zero-order valence-corrected chi connectivity index (χ0v) is 20.2. The molecule has 6 rings (SSSR count). The summed E-state index contributed by atoms with van der Waals surface area (Å²) < 4.78 is 11.4. The molecule has 184 valence electrons. The summed E-state index contributed by atoms with van der Waals surface area (Å²) >= 11 is 0. The number of urea groups is 1. The van der Waals surface area contributed by atoms with Gasteiger partial charge in [-0.25, -0.2) is 4.79 Å². The van der Waals surface area contributed by atoms with Crippen LogP contribution in [0.1, 0.15) is 12.5 Å². The minimum Gasteiger partial charge on any atom is -0.495 e. The molecule has 8 nitrogen and oxygen atoms in total. The molecule has 0 bridgehead atoms. The van der Waals surface area contributed by atoms with E-state index in [4.69, 9.17) is 9.15 Å². The third-order valence-electron chi connectivity index (χ3n) is 6.88. The van der Waals surface area contributed by atoms with Gasteiger partial charge in [-0.3, -0.25) is 14.5 Å². The van der Waals surface area contributed by atoms with Gasteiger partial charge in [-0.15, -0.1) is 0 Å². The molecular weight excluding hydrogens is 470 g/mol. The molecule has 0 aliphatic carbocycles. The second-order valence-electron chi connectivity index (χ2n) is 9.20. The number of furan rings is 1. The third-order valence-corrected chi connectivity index (χ3v) is 6.88. The zero-order chi connectivity index (χ0) is 25.7. The van der Waals surface area contributed by atoms with Crippen LogP contribution in [0.4, 0.5) is 10.5 Å². The molecule has 5 aromatic rings. The van der Waals surface area contributed by atoms with E-state index in [2.05, 4.69) is 10.6 Å². The van der Waals surface area contributed by atoms with Crippen LogP contribution < -0.4 is 15.4 Å². The van der Waals surface area contributed by atoms with Gasteiger partial charge < -0.3 is 19.8 Å². The molecule has 4 aromatic carbocycles. The summed E-state index contributed by atoms with van der Waals surface area (Å²) in [6.07, 6.45) is 0. The highest BCUT2D eigenvalue weighted by atomic mass is 16.5. The highest BCUT2D eigenvalue weighted by Gasteiger charge is 2.49. The van der Waals surface area contributed by atoms with Crippen molar-refractivity contribution in [3.63, 3.8) is 0 Å². The van der Waals surface area contributed by atoms with Crippen LogP contribution in [0, 0.1) is 0 Å². The van der Waals surface area contributed by atoms with E-state index in [-0.39, 0.29) is 0 Å². The first-order valence-electron chi connectivity index (χ1n) is 11.8. The Labute approximate surface area is 211 Å². The fourth-order valence-corrected chi connectivity index (χ4v) is 4.89. The number of methoxy groups -OCH3 is 1. The fraction of sp³-hybridized carbons (Fsp3) is 0.138. The number of nitrogens with zero attached hydrogens (tertiary/aromatic N) is 1. The Balaban J connectivity index is 1.25. The van der Waals surface area contributed by atoms with E-state index in [0.29, 0.717) is 22.6 Å². The van der Waals surface area contributed by atoms with Crippen LogP contribution in [-0.2, 0) is 15.1 Å². The monoisotopic (exact) mass is 493 g/mol. The van der Waals surface area contributed by atoms with Crippen LogP contribution in [0.2, 0.25) is 0 Å². The average Bonchev–Trinajstić information content (AvgIpc) is 3.37. The smallest absolute Gasteiger partial charge is 0.325 e. The number of rotatable bonds is 5. The minimum absolute atomic E-state index is 0.378. The maximum atomic E-state index is 13.4. The minimum atomic E-state index is -1.29. The van der Waals surface area contributed by atoms with Gasteiger partial charge in [0.05, 0.1) is 12.8 Å². The molecule has 0 radical (unpaired) electrons. The Morgan fingerprint density at radius 1 is 0.946 bits per heavy atom. The van der Waals surface area contributed by atoms with Crippen molar-refractivity contribution in [1.29, 1.82) is 0 Å². The molecule has 1 aliphatic heterocycles. The Bertz CT molecular complexity index is 1740. The van der Waals surface area contributed by atoms with E-state index >= 15 is 0 Å². The third kappa shape index (κ3) is 3.65. The first kappa shape index (κ1) is 22.6. The van der Waals surface area contributed by atoms with Gasteiger partial charge in [-0.1, -0.05) is 54.6 Å². The number of fused-ring (bicyclic) bond motifs is 4. The van der Waals surface area contributed by atoms with Crippen molar-refractivity contribution in [2.24, 2.45) is 0 Å². The Morgan fingerprint density at radius 2 is 1.70 bits per heavy atom. The van der Waals surface area contributed by atoms with Gasteiger partial charge in [0, 0.05) is 16.8 Å². The molecule has 2 N–H and O–H groups in total. The Morgan fingerprint density at radius 3 is 2.51 bits per heavy atom. The Kier molecular flexibility index (Phi) is 5.12. The number of carbonyl (C=O) groups is 3. The summed E-state index contributed by atoms with van der Waals surface area (Å²) in [4.78, 5) is 40.1. The van der Waals surface area contributed by atoms with E-state index in [0.717, 1.165) is 32.0 Å². The van der Waals surface area contributed by atoms with Crippen LogP contribution in [0.3, 0.4) is 0 Å². The fourth-order valence-electron chi connectivity index (χ4n) is 4.89. The molecule has 0 spiro atoms. The van der Waals surface area contributed by atoms with Gasteiger partial charge in [-0.05, 0) is 41.5 Å². The average molecular weight is 494 g/mol. The lowest BCUT2D eigenvalue weighted by Gasteiger charge is -2.22. The SMILES string of the molecule is COc1cc2c(cc1NC(=O)CN1C(=O)NC(C)(c3ccc4ccccc4c3)C1=O)oc1ccccc12. The number of para-hydroxylation sites is 1. The molecular formula is C29H23N3O5. The highest BCUT2D eigenvalue weighted by molar-refractivity contribution is 6.11. The normalized spacial score (nSPS) is 17.5. The summed E-state index contributed by atoms with van der Waals surface area (Å²) in [7, 11) is 1.51. The molecule has 1 saturated heterocycles. The number of nitrogens with one attached hydrogen (secondary N) is 2. The summed E-state index contributed by atoms with van der Waals surface area (Å²) in [6, 6.07) is 23.8. The second-order valence-corrected chi connectivity index (χ2v) is 9.20. The maximum absolute atomic E-state index is 13.4. The van der Waals surface area contributed by atoms with E-state index in [1.54, 1.807) is 19.1 Å². The second kappa shape index (κ2) is 8.37. The number of anilines is 1. The van der Waals surface area contributed by atoms with Crippen molar-refractivity contribution in [2.75, 3.05) is 19.0 Å². The van der Waals surface area contributed by atoms with Gasteiger partial charge in [0.25, 0.3) is 5.91 Å². The van der Waals surface area contributed by atoms with Gasteiger partial charge in [0.15, 0.2) is 0 Å². The van der Waals surface area contributed by atoms with Crippen LogP contribution in [0.25, 0.3) is 32.7 Å². The number of imide groups is 1. The zero-order valence-electron chi connectivity index (χ0n) is 20.2. The molecule has 1 fully saturated rings. The van der Waals surface area contributed by atoms with Gasteiger partial charge in [-0.2, -0.15) is 0 Å². The molecule has 4 amide bonds. The predicted octanol–water partition coefficient (Wildman–Crippen LogP) is 5.15. The molecule has 1 unspecified atom stereocenters. The van der Waals surface area contributed by atoms with Crippen LogP contribution in [-0.4, -0.2) is 36.4 Å². The number of amides is 4. The molecule has 2 heterocycles. The quantitative estimate of drug-likeness (QED) is 0.330. The lowest BCUT2D eigenvalue weighted by atomic mass is 9.90.